The van der Waals surface area contributed by atoms with Crippen molar-refractivity contribution in [3.63, 3.8) is 0 Å². The van der Waals surface area contributed by atoms with E-state index in [0.29, 0.717) is 16.3 Å². The van der Waals surface area contributed by atoms with Crippen molar-refractivity contribution in [2.75, 3.05) is 6.61 Å². The van der Waals surface area contributed by atoms with Gasteiger partial charge in [-0.3, -0.25) is 15.1 Å². The van der Waals surface area contributed by atoms with Gasteiger partial charge in [0.05, 0.1) is 39.1 Å². The fourth-order valence-corrected chi connectivity index (χ4v) is 3.98. The number of para-hydroxylation sites is 1. The lowest BCUT2D eigenvalue weighted by Gasteiger charge is -2.08. The summed E-state index contributed by atoms with van der Waals surface area (Å²) in [5.41, 5.74) is 1.77. The molecule has 4 aromatic rings. The van der Waals surface area contributed by atoms with Crippen molar-refractivity contribution >= 4 is 39.1 Å². The summed E-state index contributed by atoms with van der Waals surface area (Å²) in [7, 11) is 0. The zero-order valence-electron chi connectivity index (χ0n) is 16.3. The van der Waals surface area contributed by atoms with E-state index in [1.165, 1.54) is 35.8 Å². The summed E-state index contributed by atoms with van der Waals surface area (Å²) in [6.45, 7) is 1.96. The normalized spacial score (nSPS) is 11.3. The van der Waals surface area contributed by atoms with Gasteiger partial charge in [-0.05, 0) is 37.3 Å². The van der Waals surface area contributed by atoms with E-state index in [4.69, 9.17) is 4.74 Å². The molecule has 9 heteroatoms. The number of nitrogens with zero attached hydrogens (tertiary/aromatic N) is 3. The van der Waals surface area contributed by atoms with Crippen LogP contribution >= 0.6 is 11.3 Å². The number of rotatable bonds is 6. The molecular formula is C22H17N3O5S. The van der Waals surface area contributed by atoms with Crippen LogP contribution in [0.3, 0.4) is 0 Å². The van der Waals surface area contributed by atoms with E-state index in [0.717, 1.165) is 10.2 Å². The van der Waals surface area contributed by atoms with Crippen molar-refractivity contribution in [1.29, 1.82) is 0 Å². The minimum absolute atomic E-state index is 0.0130. The second-order valence-corrected chi connectivity index (χ2v) is 7.55. The number of nitro groups is 1. The fraction of sp³-hybridized carbons (Fsp3) is 0.0909. The van der Waals surface area contributed by atoms with Crippen LogP contribution in [0.1, 0.15) is 12.5 Å². The molecule has 0 unspecified atom stereocenters. The van der Waals surface area contributed by atoms with Gasteiger partial charge in [-0.2, -0.15) is 0 Å². The molecule has 156 valence electrons. The van der Waals surface area contributed by atoms with Crippen LogP contribution in [0.25, 0.3) is 20.8 Å². The van der Waals surface area contributed by atoms with E-state index < -0.39 is 4.92 Å². The lowest BCUT2D eigenvalue weighted by atomic mass is 10.1. The van der Waals surface area contributed by atoms with Crippen LogP contribution in [0.4, 0.5) is 11.4 Å². The van der Waals surface area contributed by atoms with Gasteiger partial charge in [-0.15, -0.1) is 11.3 Å². The summed E-state index contributed by atoms with van der Waals surface area (Å²) in [5, 5.41) is 32.5. The Morgan fingerprint density at radius 1 is 1.19 bits per heavy atom. The van der Waals surface area contributed by atoms with E-state index in [1.54, 1.807) is 19.1 Å². The number of nitro benzene ring substituents is 1. The summed E-state index contributed by atoms with van der Waals surface area (Å²) in [6, 6.07) is 14.8. The molecule has 1 aromatic heterocycles. The van der Waals surface area contributed by atoms with Crippen molar-refractivity contribution in [3.8, 4) is 27.8 Å². The third-order valence-corrected chi connectivity index (χ3v) is 5.53. The smallest absolute Gasteiger partial charge is 0.274 e. The Labute approximate surface area is 180 Å². The van der Waals surface area contributed by atoms with Gasteiger partial charge in [-0.25, -0.2) is 4.98 Å². The second kappa shape index (κ2) is 8.41. The number of thiazole rings is 1. The first kappa shape index (κ1) is 20.3. The van der Waals surface area contributed by atoms with E-state index in [-0.39, 0.29) is 35.1 Å². The molecule has 2 N–H and O–H groups in total. The number of non-ortho nitro benzene ring substituents is 1. The molecule has 4 rings (SSSR count). The number of aromatic nitrogens is 1. The van der Waals surface area contributed by atoms with Crippen LogP contribution in [0, 0.1) is 10.1 Å². The monoisotopic (exact) mass is 435 g/mol. The van der Waals surface area contributed by atoms with Gasteiger partial charge in [0.2, 0.25) is 0 Å². The van der Waals surface area contributed by atoms with E-state index in [9.17, 15) is 20.3 Å². The molecule has 8 nitrogen and oxygen atoms in total. The maximum atomic E-state index is 11.2. The molecule has 0 spiro atoms. The molecule has 0 saturated carbocycles. The number of hydrogen-bond donors (Lipinski definition) is 2. The number of hydrogen-bond acceptors (Lipinski definition) is 8. The molecule has 0 bridgehead atoms. The van der Waals surface area contributed by atoms with Gasteiger partial charge in [-0.1, -0.05) is 12.1 Å². The quantitative estimate of drug-likeness (QED) is 0.237. The fourth-order valence-electron chi connectivity index (χ4n) is 2.99. The highest BCUT2D eigenvalue weighted by Gasteiger charge is 2.16. The lowest BCUT2D eigenvalue weighted by Crippen LogP contribution is -1.97. The number of ether oxygens (including phenoxy) is 1. The van der Waals surface area contributed by atoms with Gasteiger partial charge in [0, 0.05) is 17.8 Å². The minimum atomic E-state index is -0.564. The van der Waals surface area contributed by atoms with Crippen LogP contribution < -0.4 is 4.74 Å². The molecule has 0 atom stereocenters. The second-order valence-electron chi connectivity index (χ2n) is 6.52. The molecule has 3 aromatic carbocycles. The molecule has 31 heavy (non-hydrogen) atoms. The van der Waals surface area contributed by atoms with Crippen LogP contribution in [0.15, 0.2) is 59.6 Å². The average Bonchev–Trinajstić information content (AvgIpc) is 3.19. The topological polar surface area (TPSA) is 118 Å². The first-order valence-electron chi connectivity index (χ1n) is 9.33. The molecule has 1 heterocycles. The lowest BCUT2D eigenvalue weighted by molar-refractivity contribution is -0.385. The summed E-state index contributed by atoms with van der Waals surface area (Å²) < 4.78 is 6.28. The molecule has 0 saturated heterocycles. The van der Waals surface area contributed by atoms with Gasteiger partial charge < -0.3 is 14.9 Å². The number of aliphatic imine (C=N–C) groups is 1. The highest BCUT2D eigenvalue weighted by molar-refractivity contribution is 7.21. The molecular weight excluding hydrogens is 418 g/mol. The van der Waals surface area contributed by atoms with E-state index >= 15 is 0 Å². The molecule has 0 fully saturated rings. The number of phenolic OH excluding ortho intramolecular Hbond substituents is 2. The van der Waals surface area contributed by atoms with Gasteiger partial charge in [0.15, 0.2) is 11.5 Å². The predicted molar refractivity (Wildman–Crippen MR) is 120 cm³/mol. The van der Waals surface area contributed by atoms with Gasteiger partial charge in [0.1, 0.15) is 10.8 Å². The zero-order valence-corrected chi connectivity index (χ0v) is 17.2. The first-order chi connectivity index (χ1) is 15.0. The van der Waals surface area contributed by atoms with Crippen LogP contribution in [-0.4, -0.2) is 32.9 Å². The SMILES string of the molecule is CCOc1cc([N+](=O)[O-])cc(C=Nc2ccc(O)c(-c3nc4ccccc4s3)c2)c1O. The largest absolute Gasteiger partial charge is 0.507 e. The number of benzene rings is 3. The molecule has 0 aliphatic heterocycles. The standard InChI is InChI=1S/C22H17N3O5S/c1-2-30-19-11-15(25(28)29)9-13(21(19)27)12-23-14-7-8-18(26)16(10-14)22-24-17-5-3-4-6-20(17)31-22/h3-12,26-27H,2H2,1H3. The van der Waals surface area contributed by atoms with E-state index in [2.05, 4.69) is 9.98 Å². The van der Waals surface area contributed by atoms with Crippen LogP contribution in [0.2, 0.25) is 0 Å². The number of aromatic hydroxyl groups is 2. The highest BCUT2D eigenvalue weighted by atomic mass is 32.1. The first-order valence-corrected chi connectivity index (χ1v) is 10.1. The number of phenols is 2. The molecule has 0 aliphatic carbocycles. The third kappa shape index (κ3) is 4.17. The molecule has 0 aliphatic rings. The predicted octanol–water partition coefficient (Wildman–Crippen LogP) is 5.43. The highest BCUT2D eigenvalue weighted by Crippen LogP contribution is 2.38. The van der Waals surface area contributed by atoms with Crippen LogP contribution in [0.5, 0.6) is 17.2 Å². The maximum Gasteiger partial charge on any atom is 0.274 e. The Kier molecular flexibility index (Phi) is 5.50. The Bertz CT molecular complexity index is 1280. The summed E-state index contributed by atoms with van der Waals surface area (Å²) in [6.07, 6.45) is 1.32. The molecule has 0 radical (unpaired) electrons. The summed E-state index contributed by atoms with van der Waals surface area (Å²) in [4.78, 5) is 19.5. The number of fused-ring (bicyclic) bond motifs is 1. The van der Waals surface area contributed by atoms with Crippen molar-refractivity contribution < 1.29 is 19.9 Å². The van der Waals surface area contributed by atoms with Crippen molar-refractivity contribution in [2.24, 2.45) is 4.99 Å². The summed E-state index contributed by atoms with van der Waals surface area (Å²) in [5.74, 6) is -0.157. The van der Waals surface area contributed by atoms with Crippen molar-refractivity contribution in [1.82, 2.24) is 4.98 Å². The average molecular weight is 435 g/mol. The Hall–Kier alpha value is -3.98. The van der Waals surface area contributed by atoms with Gasteiger partial charge in [0.25, 0.3) is 5.69 Å². The Balaban J connectivity index is 1.72. The molecule has 0 amide bonds. The van der Waals surface area contributed by atoms with E-state index in [1.807, 2.05) is 24.3 Å². The van der Waals surface area contributed by atoms with Crippen molar-refractivity contribution in [2.45, 2.75) is 6.92 Å². The zero-order chi connectivity index (χ0) is 22.0. The van der Waals surface area contributed by atoms with Crippen LogP contribution in [-0.2, 0) is 0 Å². The third-order valence-electron chi connectivity index (χ3n) is 4.46. The summed E-state index contributed by atoms with van der Waals surface area (Å²) >= 11 is 1.45. The Morgan fingerprint density at radius 3 is 2.74 bits per heavy atom. The van der Waals surface area contributed by atoms with Gasteiger partial charge >= 0.3 is 0 Å². The maximum absolute atomic E-state index is 11.2. The van der Waals surface area contributed by atoms with Crippen molar-refractivity contribution in [3.05, 3.63) is 70.3 Å². The minimum Gasteiger partial charge on any atom is -0.507 e. The Morgan fingerprint density at radius 2 is 2.00 bits per heavy atom.